The third kappa shape index (κ3) is 8.91. The Kier molecular flexibility index (Phi) is 7.29. The first kappa shape index (κ1) is 17.9. The molecule has 0 spiro atoms. The number of hydrogen-bond acceptors (Lipinski definition) is 4. The fraction of sp³-hybridized carbons (Fsp3) is 0.500. The van der Waals surface area contributed by atoms with Gasteiger partial charge in [-0.1, -0.05) is 0 Å². The van der Waals surface area contributed by atoms with E-state index < -0.39 is 24.8 Å². The topological polar surface area (TPSA) is 102 Å². The molecule has 7 nitrogen and oxygen atoms in total. The maximum Gasteiger partial charge on any atom is 0.522 e. The van der Waals surface area contributed by atoms with Crippen molar-refractivity contribution in [3.8, 4) is 0 Å². The monoisotopic (exact) mass is 297 g/mol. The first-order valence-electron chi connectivity index (χ1n) is 5.30. The number of ether oxygens (including phenoxy) is 1. The van der Waals surface area contributed by atoms with Crippen molar-refractivity contribution in [3.05, 3.63) is 11.8 Å². The summed E-state index contributed by atoms with van der Waals surface area (Å²) in [5.41, 5.74) is 4.84. The third-order valence-electron chi connectivity index (χ3n) is 1.98. The highest BCUT2D eigenvalue weighted by Gasteiger charge is 2.28. The number of hydrogen-bond donors (Lipinski definition) is 2. The van der Waals surface area contributed by atoms with Crippen LogP contribution in [-0.4, -0.2) is 49.7 Å². The number of rotatable bonds is 8. The van der Waals surface area contributed by atoms with E-state index in [1.54, 1.807) is 0 Å². The van der Waals surface area contributed by atoms with Gasteiger partial charge in [-0.15, -0.1) is 13.2 Å². The molecule has 0 aromatic carbocycles. The molecule has 0 saturated heterocycles. The number of primary amides is 1. The molecule has 0 rings (SSSR count). The van der Waals surface area contributed by atoms with Crippen LogP contribution in [0.2, 0.25) is 0 Å². The summed E-state index contributed by atoms with van der Waals surface area (Å²) in [4.78, 5) is 33.4. The van der Waals surface area contributed by atoms with Crippen LogP contribution in [0.3, 0.4) is 0 Å². The van der Waals surface area contributed by atoms with Crippen LogP contribution in [-0.2, 0) is 19.1 Å². The van der Waals surface area contributed by atoms with E-state index in [-0.39, 0.29) is 25.1 Å². The highest BCUT2D eigenvalue weighted by molar-refractivity contribution is 5.89. The first-order chi connectivity index (χ1) is 9.15. The van der Waals surface area contributed by atoms with Gasteiger partial charge in [0.2, 0.25) is 18.2 Å². The SMILES string of the molecule is CN(CCOC(F)(F)F)C(=O)/C=C(/CC(N)=O)NC=O. The molecule has 3 amide bonds. The zero-order chi connectivity index (χ0) is 15.8. The zero-order valence-electron chi connectivity index (χ0n) is 10.6. The first-order valence-corrected chi connectivity index (χ1v) is 5.30. The van der Waals surface area contributed by atoms with E-state index in [2.05, 4.69) is 10.1 Å². The minimum absolute atomic E-state index is 0.0545. The number of halogens is 3. The minimum Gasteiger partial charge on any atom is -0.369 e. The van der Waals surface area contributed by atoms with Crippen LogP contribution in [0.5, 0.6) is 0 Å². The molecular weight excluding hydrogens is 283 g/mol. The molecule has 0 aromatic rings. The van der Waals surface area contributed by atoms with Crippen molar-refractivity contribution in [3.63, 3.8) is 0 Å². The Balaban J connectivity index is 4.46. The van der Waals surface area contributed by atoms with Crippen molar-refractivity contribution in [2.24, 2.45) is 5.73 Å². The molecule has 0 heterocycles. The molecule has 0 bridgehead atoms. The normalized spacial score (nSPS) is 11.9. The van der Waals surface area contributed by atoms with Crippen molar-refractivity contribution in [1.82, 2.24) is 10.2 Å². The van der Waals surface area contributed by atoms with Crippen LogP contribution in [0.4, 0.5) is 13.2 Å². The Bertz CT molecular complexity index is 396. The number of amides is 3. The lowest BCUT2D eigenvalue weighted by atomic mass is 10.2. The number of carbonyl (C=O) groups excluding carboxylic acids is 3. The average molecular weight is 297 g/mol. The van der Waals surface area contributed by atoms with Gasteiger partial charge in [0, 0.05) is 25.4 Å². The lowest BCUT2D eigenvalue weighted by Gasteiger charge is -2.16. The molecule has 0 aliphatic carbocycles. The van der Waals surface area contributed by atoms with Crippen molar-refractivity contribution in [1.29, 1.82) is 0 Å². The fourth-order valence-electron chi connectivity index (χ4n) is 1.07. The molecule has 114 valence electrons. The highest BCUT2D eigenvalue weighted by atomic mass is 19.4. The molecule has 0 aliphatic heterocycles. The quantitative estimate of drug-likeness (QED) is 0.465. The second-order valence-corrected chi connectivity index (χ2v) is 3.63. The fourth-order valence-corrected chi connectivity index (χ4v) is 1.07. The Morgan fingerprint density at radius 2 is 2.00 bits per heavy atom. The van der Waals surface area contributed by atoms with Crippen LogP contribution in [0.25, 0.3) is 0 Å². The molecule has 3 N–H and O–H groups in total. The summed E-state index contributed by atoms with van der Waals surface area (Å²) in [5, 5.41) is 2.10. The Morgan fingerprint density at radius 1 is 1.40 bits per heavy atom. The molecule has 0 atom stereocenters. The van der Waals surface area contributed by atoms with Gasteiger partial charge in [-0.3, -0.25) is 19.1 Å². The van der Waals surface area contributed by atoms with Crippen LogP contribution in [0, 0.1) is 0 Å². The van der Waals surface area contributed by atoms with Crippen molar-refractivity contribution < 1.29 is 32.3 Å². The maximum absolute atomic E-state index is 11.7. The van der Waals surface area contributed by atoms with Gasteiger partial charge in [-0.2, -0.15) is 0 Å². The summed E-state index contributed by atoms with van der Waals surface area (Å²) in [6, 6.07) is 0. The molecular formula is C10H14F3N3O4. The van der Waals surface area contributed by atoms with Crippen molar-refractivity contribution >= 4 is 18.2 Å². The molecule has 0 fully saturated rings. The lowest BCUT2D eigenvalue weighted by Crippen LogP contribution is -2.31. The van der Waals surface area contributed by atoms with Gasteiger partial charge in [0.05, 0.1) is 13.0 Å². The molecule has 0 saturated carbocycles. The van der Waals surface area contributed by atoms with Crippen LogP contribution in [0.1, 0.15) is 6.42 Å². The second kappa shape index (κ2) is 8.15. The highest BCUT2D eigenvalue weighted by Crippen LogP contribution is 2.15. The van der Waals surface area contributed by atoms with E-state index >= 15 is 0 Å². The molecule has 0 unspecified atom stereocenters. The minimum atomic E-state index is -4.77. The summed E-state index contributed by atoms with van der Waals surface area (Å²) in [7, 11) is 1.24. The van der Waals surface area contributed by atoms with Crippen molar-refractivity contribution in [2.45, 2.75) is 12.8 Å². The van der Waals surface area contributed by atoms with Crippen LogP contribution < -0.4 is 11.1 Å². The number of likely N-dealkylation sites (N-methyl/N-ethyl adjacent to an activating group) is 1. The number of carbonyl (C=O) groups is 3. The predicted octanol–water partition coefficient (Wildman–Crippen LogP) is -0.513. The van der Waals surface area contributed by atoms with E-state index in [1.807, 2.05) is 0 Å². The van der Waals surface area contributed by atoms with Crippen LogP contribution in [0.15, 0.2) is 11.8 Å². The average Bonchev–Trinajstić information content (AvgIpc) is 2.26. The van der Waals surface area contributed by atoms with Gasteiger partial charge >= 0.3 is 6.36 Å². The molecule has 0 aromatic heterocycles. The standard InChI is InChI=1S/C10H14F3N3O4/c1-16(2-3-20-10(11,12)13)9(19)5-7(15-6-17)4-8(14)18/h5-6H,2-4H2,1H3,(H2,14,18)(H,15,17)/b7-5-. The smallest absolute Gasteiger partial charge is 0.369 e. The summed E-state index contributed by atoms with van der Waals surface area (Å²) in [6.45, 7) is -1.05. The van der Waals surface area contributed by atoms with Gasteiger partial charge in [-0.05, 0) is 0 Å². The van der Waals surface area contributed by atoms with E-state index in [1.165, 1.54) is 7.05 Å². The van der Waals surface area contributed by atoms with Gasteiger partial charge in [0.25, 0.3) is 0 Å². The van der Waals surface area contributed by atoms with E-state index in [0.717, 1.165) is 11.0 Å². The van der Waals surface area contributed by atoms with E-state index in [9.17, 15) is 27.6 Å². The lowest BCUT2D eigenvalue weighted by molar-refractivity contribution is -0.324. The largest absolute Gasteiger partial charge is 0.522 e. The van der Waals surface area contributed by atoms with E-state index in [0.29, 0.717) is 0 Å². The number of nitrogens with two attached hydrogens (primary N) is 1. The Hall–Kier alpha value is -2.10. The summed E-state index contributed by atoms with van der Waals surface area (Å²) < 4.78 is 38.7. The Labute approximate surface area is 112 Å². The Morgan fingerprint density at radius 3 is 2.45 bits per heavy atom. The van der Waals surface area contributed by atoms with Gasteiger partial charge in [-0.25, -0.2) is 0 Å². The maximum atomic E-state index is 11.7. The van der Waals surface area contributed by atoms with Gasteiger partial charge < -0.3 is 16.0 Å². The number of nitrogens with one attached hydrogen (secondary N) is 1. The summed E-state index contributed by atoms with van der Waals surface area (Å²) in [6.07, 6.45) is -4.01. The second-order valence-electron chi connectivity index (χ2n) is 3.63. The molecule has 0 aliphatic rings. The molecule has 0 radical (unpaired) electrons. The zero-order valence-corrected chi connectivity index (χ0v) is 10.6. The van der Waals surface area contributed by atoms with Crippen molar-refractivity contribution in [2.75, 3.05) is 20.2 Å². The summed E-state index contributed by atoms with van der Waals surface area (Å²) >= 11 is 0. The molecule has 20 heavy (non-hydrogen) atoms. The third-order valence-corrected chi connectivity index (χ3v) is 1.98. The number of nitrogens with zero attached hydrogens (tertiary/aromatic N) is 1. The summed E-state index contributed by atoms with van der Waals surface area (Å²) in [5.74, 6) is -1.48. The molecule has 10 heteroatoms. The van der Waals surface area contributed by atoms with Gasteiger partial charge in [0.15, 0.2) is 0 Å². The van der Waals surface area contributed by atoms with Gasteiger partial charge in [0.1, 0.15) is 0 Å². The number of alkyl halides is 3. The predicted molar refractivity (Wildman–Crippen MR) is 60.7 cm³/mol. The van der Waals surface area contributed by atoms with E-state index in [4.69, 9.17) is 5.73 Å². The van der Waals surface area contributed by atoms with Crippen LogP contribution >= 0.6 is 0 Å².